The Kier molecular flexibility index (Phi) is 5.04. The molecule has 1 aliphatic rings. The number of methoxy groups -OCH3 is 1. The molecule has 0 radical (unpaired) electrons. The number of rotatable bonds is 5. The first kappa shape index (κ1) is 16.0. The Bertz CT molecular complexity index is 476. The molecule has 1 atom stereocenters. The molecule has 5 nitrogen and oxygen atoms in total. The molecule has 1 N–H and O–H groups in total. The van der Waals surface area contributed by atoms with E-state index in [1.807, 2.05) is 10.8 Å². The summed E-state index contributed by atoms with van der Waals surface area (Å²) in [5.74, 6) is 0.241. The van der Waals surface area contributed by atoms with Crippen LogP contribution in [0, 0.1) is 5.92 Å². The van der Waals surface area contributed by atoms with Gasteiger partial charge < -0.3 is 14.6 Å². The van der Waals surface area contributed by atoms with E-state index in [1.54, 1.807) is 6.33 Å². The fraction of sp³-hybridized carbons (Fsp3) is 0.750. The van der Waals surface area contributed by atoms with Gasteiger partial charge in [0, 0.05) is 17.3 Å². The van der Waals surface area contributed by atoms with Crippen LogP contribution in [0.3, 0.4) is 0 Å². The lowest BCUT2D eigenvalue weighted by Crippen LogP contribution is -2.40. The van der Waals surface area contributed by atoms with E-state index in [9.17, 15) is 4.79 Å². The highest BCUT2D eigenvalue weighted by molar-refractivity contribution is 5.74. The molecule has 0 aromatic carbocycles. The summed E-state index contributed by atoms with van der Waals surface area (Å²) >= 11 is 0. The van der Waals surface area contributed by atoms with Crippen molar-refractivity contribution in [2.24, 2.45) is 5.92 Å². The van der Waals surface area contributed by atoms with Crippen LogP contribution in [0.15, 0.2) is 12.5 Å². The fourth-order valence-electron chi connectivity index (χ4n) is 3.16. The second-order valence-electron chi connectivity index (χ2n) is 6.67. The van der Waals surface area contributed by atoms with Gasteiger partial charge in [-0.1, -0.05) is 20.8 Å². The molecule has 1 unspecified atom stereocenters. The van der Waals surface area contributed by atoms with E-state index < -0.39 is 0 Å². The van der Waals surface area contributed by atoms with E-state index in [0.717, 1.165) is 38.0 Å². The molecular weight excluding hydrogens is 266 g/mol. The highest BCUT2D eigenvalue weighted by atomic mass is 16.5. The maximum atomic E-state index is 12.2. The van der Waals surface area contributed by atoms with Gasteiger partial charge in [-0.25, -0.2) is 9.78 Å². The van der Waals surface area contributed by atoms with Crippen LogP contribution in [0.2, 0.25) is 0 Å². The Labute approximate surface area is 127 Å². The maximum absolute atomic E-state index is 12.2. The number of esters is 1. The van der Waals surface area contributed by atoms with Crippen molar-refractivity contribution in [1.82, 2.24) is 14.9 Å². The van der Waals surface area contributed by atoms with Gasteiger partial charge in [0.05, 0.1) is 13.4 Å². The zero-order chi connectivity index (χ0) is 15.5. The summed E-state index contributed by atoms with van der Waals surface area (Å²) in [6.45, 7) is 8.53. The molecule has 1 aromatic rings. The third-order valence-corrected chi connectivity index (χ3v) is 4.50. The number of hydrogen-bond donors (Lipinski definition) is 1. The zero-order valence-corrected chi connectivity index (χ0v) is 13.6. The summed E-state index contributed by atoms with van der Waals surface area (Å²) in [5, 5.41) is 3.40. The number of imidazole rings is 1. The Hall–Kier alpha value is -1.36. The fourth-order valence-corrected chi connectivity index (χ4v) is 3.16. The molecule has 0 amide bonds. The summed E-state index contributed by atoms with van der Waals surface area (Å²) in [4.78, 5) is 16.5. The van der Waals surface area contributed by atoms with Crippen molar-refractivity contribution in [2.75, 3.05) is 20.2 Å². The van der Waals surface area contributed by atoms with E-state index in [-0.39, 0.29) is 17.4 Å². The lowest BCUT2D eigenvalue weighted by molar-refractivity contribution is -0.145. The van der Waals surface area contributed by atoms with Crippen molar-refractivity contribution in [2.45, 2.75) is 51.5 Å². The van der Waals surface area contributed by atoms with Crippen molar-refractivity contribution in [3.05, 3.63) is 18.2 Å². The van der Waals surface area contributed by atoms with E-state index >= 15 is 0 Å². The van der Waals surface area contributed by atoms with Crippen molar-refractivity contribution in [3.8, 4) is 0 Å². The van der Waals surface area contributed by atoms with Crippen LogP contribution < -0.4 is 5.32 Å². The lowest BCUT2D eigenvalue weighted by Gasteiger charge is -2.36. The lowest BCUT2D eigenvalue weighted by atomic mass is 9.78. The maximum Gasteiger partial charge on any atom is 0.328 e. The van der Waals surface area contributed by atoms with E-state index in [1.165, 1.54) is 7.11 Å². The Morgan fingerprint density at radius 3 is 2.71 bits per heavy atom. The molecule has 1 saturated heterocycles. The van der Waals surface area contributed by atoms with Gasteiger partial charge >= 0.3 is 5.97 Å². The number of carbonyl (C=O) groups is 1. The summed E-state index contributed by atoms with van der Waals surface area (Å²) in [5.41, 5.74) is 1.23. The van der Waals surface area contributed by atoms with Crippen molar-refractivity contribution in [3.63, 3.8) is 0 Å². The molecule has 0 bridgehead atoms. The molecular formula is C16H27N3O2. The van der Waals surface area contributed by atoms with Crippen LogP contribution in [0.1, 0.15) is 51.8 Å². The zero-order valence-electron chi connectivity index (χ0n) is 13.6. The Morgan fingerprint density at radius 1 is 1.48 bits per heavy atom. The molecule has 118 valence electrons. The number of nitrogens with zero attached hydrogens (tertiary/aromatic N) is 2. The third kappa shape index (κ3) is 3.46. The first-order valence-electron chi connectivity index (χ1n) is 7.79. The Morgan fingerprint density at radius 2 is 2.14 bits per heavy atom. The van der Waals surface area contributed by atoms with E-state index in [0.29, 0.717) is 5.92 Å². The normalized spacial score (nSPS) is 19.5. The second kappa shape index (κ2) is 6.60. The Balaban J connectivity index is 2.34. The molecule has 5 heteroatoms. The van der Waals surface area contributed by atoms with Crippen LogP contribution in [-0.2, 0) is 14.9 Å². The van der Waals surface area contributed by atoms with Gasteiger partial charge in [0.25, 0.3) is 0 Å². The van der Waals surface area contributed by atoms with Gasteiger partial charge in [-0.3, -0.25) is 0 Å². The summed E-state index contributed by atoms with van der Waals surface area (Å²) in [6, 6.07) is -0.279. The summed E-state index contributed by atoms with van der Waals surface area (Å²) < 4.78 is 7.05. The average Bonchev–Trinajstić information content (AvgIpc) is 2.94. The van der Waals surface area contributed by atoms with Crippen LogP contribution in [-0.4, -0.2) is 35.7 Å². The monoisotopic (exact) mass is 293 g/mol. The molecule has 2 heterocycles. The van der Waals surface area contributed by atoms with E-state index in [4.69, 9.17) is 4.74 Å². The molecule has 2 rings (SSSR count). The van der Waals surface area contributed by atoms with Crippen LogP contribution in [0.4, 0.5) is 0 Å². The van der Waals surface area contributed by atoms with Crippen molar-refractivity contribution < 1.29 is 9.53 Å². The number of nitrogens with one attached hydrogen (secondary N) is 1. The predicted molar refractivity (Wildman–Crippen MR) is 82.2 cm³/mol. The summed E-state index contributed by atoms with van der Waals surface area (Å²) in [6.07, 6.45) is 6.60. The molecule has 0 saturated carbocycles. The molecule has 1 fully saturated rings. The largest absolute Gasteiger partial charge is 0.467 e. The SMILES string of the molecule is COC(=O)C(CC(C)C)n1cncc1C1(C)CCNCC1. The molecule has 0 aliphatic carbocycles. The highest BCUT2D eigenvalue weighted by Crippen LogP contribution is 2.35. The highest BCUT2D eigenvalue weighted by Gasteiger charge is 2.35. The average molecular weight is 293 g/mol. The number of carbonyl (C=O) groups excluding carboxylic acids is 1. The van der Waals surface area contributed by atoms with Crippen molar-refractivity contribution in [1.29, 1.82) is 0 Å². The quantitative estimate of drug-likeness (QED) is 0.846. The van der Waals surface area contributed by atoms with Gasteiger partial charge in [-0.2, -0.15) is 0 Å². The number of aromatic nitrogens is 2. The van der Waals surface area contributed by atoms with Gasteiger partial charge in [-0.15, -0.1) is 0 Å². The minimum absolute atomic E-state index is 0.0744. The van der Waals surface area contributed by atoms with Gasteiger partial charge in [-0.05, 0) is 38.3 Å². The molecule has 0 spiro atoms. The standard InChI is InChI=1S/C16H27N3O2/c1-12(2)9-13(15(20)21-4)19-11-18-10-14(19)16(3)5-7-17-8-6-16/h10-13,17H,5-9H2,1-4H3. The minimum atomic E-state index is -0.279. The van der Waals surface area contributed by atoms with Gasteiger partial charge in [0.2, 0.25) is 0 Å². The number of hydrogen-bond acceptors (Lipinski definition) is 4. The predicted octanol–water partition coefficient (Wildman–Crippen LogP) is 2.28. The van der Waals surface area contributed by atoms with E-state index in [2.05, 4.69) is 31.1 Å². The number of piperidine rings is 1. The first-order valence-corrected chi connectivity index (χ1v) is 7.79. The minimum Gasteiger partial charge on any atom is -0.467 e. The first-order chi connectivity index (χ1) is 9.98. The molecule has 21 heavy (non-hydrogen) atoms. The number of ether oxygens (including phenoxy) is 1. The van der Waals surface area contributed by atoms with Gasteiger partial charge in [0.1, 0.15) is 6.04 Å². The van der Waals surface area contributed by atoms with Crippen LogP contribution in [0.5, 0.6) is 0 Å². The van der Waals surface area contributed by atoms with Crippen LogP contribution >= 0.6 is 0 Å². The van der Waals surface area contributed by atoms with Crippen LogP contribution in [0.25, 0.3) is 0 Å². The second-order valence-corrected chi connectivity index (χ2v) is 6.67. The summed E-state index contributed by atoms with van der Waals surface area (Å²) in [7, 11) is 1.46. The topological polar surface area (TPSA) is 56.2 Å². The third-order valence-electron chi connectivity index (χ3n) is 4.50. The molecule has 1 aliphatic heterocycles. The molecule has 1 aromatic heterocycles. The van der Waals surface area contributed by atoms with Gasteiger partial charge in [0.15, 0.2) is 0 Å². The van der Waals surface area contributed by atoms with Crippen molar-refractivity contribution >= 4 is 5.97 Å². The smallest absolute Gasteiger partial charge is 0.328 e.